The average molecular weight is 223 g/mol. The second-order valence-corrected chi connectivity index (χ2v) is 3.83. The van der Waals surface area contributed by atoms with Crippen LogP contribution < -0.4 is 10.6 Å². The molecule has 1 aromatic heterocycles. The van der Waals surface area contributed by atoms with Gasteiger partial charge in [0, 0.05) is 25.2 Å². The van der Waals surface area contributed by atoms with Crippen molar-refractivity contribution in [3.63, 3.8) is 0 Å². The minimum atomic E-state index is -0.379. The molecule has 1 fully saturated rings. The molecule has 1 aromatic rings. The van der Waals surface area contributed by atoms with Gasteiger partial charge in [0.2, 0.25) is 5.91 Å². The summed E-state index contributed by atoms with van der Waals surface area (Å²) in [4.78, 5) is 15.1. The Morgan fingerprint density at radius 2 is 2.31 bits per heavy atom. The van der Waals surface area contributed by atoms with Gasteiger partial charge in [-0.2, -0.15) is 0 Å². The van der Waals surface area contributed by atoms with Crippen molar-refractivity contribution in [2.45, 2.75) is 12.8 Å². The first-order valence-electron chi connectivity index (χ1n) is 5.39. The molecule has 1 aliphatic rings. The summed E-state index contributed by atoms with van der Waals surface area (Å²) in [6.45, 7) is 0.970. The van der Waals surface area contributed by atoms with E-state index in [1.807, 2.05) is 0 Å². The number of nitrogens with zero attached hydrogens (tertiary/aromatic N) is 1. The first kappa shape index (κ1) is 10.9. The quantitative estimate of drug-likeness (QED) is 0.736. The second kappa shape index (κ2) is 4.92. The summed E-state index contributed by atoms with van der Waals surface area (Å²) in [7, 11) is 0. The van der Waals surface area contributed by atoms with E-state index in [1.54, 1.807) is 0 Å². The molecule has 1 amide bonds. The topological polar surface area (TPSA) is 54.0 Å². The van der Waals surface area contributed by atoms with E-state index in [4.69, 9.17) is 0 Å². The summed E-state index contributed by atoms with van der Waals surface area (Å²) in [5, 5.41) is 5.61. The summed E-state index contributed by atoms with van der Waals surface area (Å²) in [6.07, 6.45) is 3.51. The van der Waals surface area contributed by atoms with Crippen molar-refractivity contribution in [1.29, 1.82) is 0 Å². The molecule has 5 heteroatoms. The molecule has 0 atom stereocenters. The number of anilines is 1. The van der Waals surface area contributed by atoms with E-state index in [1.165, 1.54) is 18.3 Å². The fraction of sp³-hybridized carbons (Fsp3) is 0.455. The molecule has 0 saturated heterocycles. The summed E-state index contributed by atoms with van der Waals surface area (Å²) in [5.74, 6) is 0.161. The predicted molar refractivity (Wildman–Crippen MR) is 58.4 cm³/mol. The van der Waals surface area contributed by atoms with Gasteiger partial charge in [0.1, 0.15) is 0 Å². The lowest BCUT2D eigenvalue weighted by molar-refractivity contribution is -0.122. The molecule has 1 aliphatic carbocycles. The Morgan fingerprint density at radius 1 is 1.50 bits per heavy atom. The zero-order chi connectivity index (χ0) is 11.4. The lowest BCUT2D eigenvalue weighted by Gasteiger charge is -2.07. The van der Waals surface area contributed by atoms with Gasteiger partial charge in [-0.05, 0) is 25.0 Å². The molecule has 4 nitrogen and oxygen atoms in total. The van der Waals surface area contributed by atoms with E-state index in [-0.39, 0.29) is 23.5 Å². The van der Waals surface area contributed by atoms with Gasteiger partial charge in [-0.1, -0.05) is 0 Å². The van der Waals surface area contributed by atoms with Crippen molar-refractivity contribution < 1.29 is 9.18 Å². The lowest BCUT2D eigenvalue weighted by Crippen LogP contribution is -2.30. The van der Waals surface area contributed by atoms with Crippen LogP contribution in [0, 0.1) is 11.7 Å². The van der Waals surface area contributed by atoms with Gasteiger partial charge in [-0.15, -0.1) is 0 Å². The third-order valence-corrected chi connectivity index (χ3v) is 2.42. The lowest BCUT2D eigenvalue weighted by atomic mass is 10.4. The normalized spacial score (nSPS) is 14.6. The molecule has 1 heterocycles. The number of aromatic nitrogens is 1. The Bertz CT molecular complexity index is 379. The monoisotopic (exact) mass is 223 g/mol. The van der Waals surface area contributed by atoms with E-state index >= 15 is 0 Å². The Labute approximate surface area is 93.3 Å². The highest BCUT2D eigenvalue weighted by atomic mass is 19.1. The fourth-order valence-electron chi connectivity index (χ4n) is 1.37. The highest BCUT2D eigenvalue weighted by Gasteiger charge is 2.28. The molecule has 86 valence electrons. The number of rotatable bonds is 5. The third-order valence-electron chi connectivity index (χ3n) is 2.42. The maximum Gasteiger partial charge on any atom is 0.223 e. The number of hydrogen-bond donors (Lipinski definition) is 2. The average Bonchev–Trinajstić information content (AvgIpc) is 3.10. The van der Waals surface area contributed by atoms with Crippen molar-refractivity contribution in [1.82, 2.24) is 10.3 Å². The molecule has 0 radical (unpaired) electrons. The van der Waals surface area contributed by atoms with E-state index in [9.17, 15) is 9.18 Å². The molecule has 2 N–H and O–H groups in total. The molecular weight excluding hydrogens is 209 g/mol. The highest BCUT2D eigenvalue weighted by molar-refractivity contribution is 5.80. The molecular formula is C11H14FN3O. The molecule has 0 spiro atoms. The number of amides is 1. The minimum Gasteiger partial charge on any atom is -0.366 e. The first-order chi connectivity index (χ1) is 7.77. The third kappa shape index (κ3) is 2.92. The van der Waals surface area contributed by atoms with Crippen LogP contribution in [0.1, 0.15) is 12.8 Å². The molecule has 0 aliphatic heterocycles. The largest absolute Gasteiger partial charge is 0.366 e. The minimum absolute atomic E-state index is 0.100. The second-order valence-electron chi connectivity index (χ2n) is 3.83. The van der Waals surface area contributed by atoms with Crippen LogP contribution in [-0.2, 0) is 4.79 Å². The Kier molecular flexibility index (Phi) is 3.34. The highest BCUT2D eigenvalue weighted by Crippen LogP contribution is 2.28. The fourth-order valence-corrected chi connectivity index (χ4v) is 1.37. The van der Waals surface area contributed by atoms with Gasteiger partial charge in [0.05, 0.1) is 0 Å². The van der Waals surface area contributed by atoms with Gasteiger partial charge in [-0.25, -0.2) is 9.37 Å². The van der Waals surface area contributed by atoms with Gasteiger partial charge in [-0.3, -0.25) is 4.79 Å². The van der Waals surface area contributed by atoms with Crippen LogP contribution in [0.25, 0.3) is 0 Å². The smallest absolute Gasteiger partial charge is 0.223 e. The Hall–Kier alpha value is -1.65. The standard InChI is InChI=1S/C11H14FN3O/c12-9-2-1-5-13-10(9)14-6-7-15-11(16)8-3-4-8/h1-2,5,8H,3-4,6-7H2,(H,13,14)(H,15,16). The summed E-state index contributed by atoms with van der Waals surface area (Å²) in [5.41, 5.74) is 0. The molecule has 0 unspecified atom stereocenters. The number of carbonyl (C=O) groups excluding carboxylic acids is 1. The predicted octanol–water partition coefficient (Wildman–Crippen LogP) is 1.16. The van der Waals surface area contributed by atoms with Crippen molar-refractivity contribution >= 4 is 11.7 Å². The van der Waals surface area contributed by atoms with E-state index in [0.29, 0.717) is 13.1 Å². The van der Waals surface area contributed by atoms with Gasteiger partial charge in [0.25, 0.3) is 0 Å². The first-order valence-corrected chi connectivity index (χ1v) is 5.39. The molecule has 0 aromatic carbocycles. The number of halogens is 1. The number of carbonyl (C=O) groups is 1. The van der Waals surface area contributed by atoms with Gasteiger partial charge in [0.15, 0.2) is 11.6 Å². The van der Waals surface area contributed by atoms with Gasteiger partial charge < -0.3 is 10.6 Å². The maximum absolute atomic E-state index is 13.1. The van der Waals surface area contributed by atoms with E-state index < -0.39 is 0 Å². The SMILES string of the molecule is O=C(NCCNc1ncccc1F)C1CC1. The molecule has 16 heavy (non-hydrogen) atoms. The number of pyridine rings is 1. The zero-order valence-electron chi connectivity index (χ0n) is 8.87. The van der Waals surface area contributed by atoms with Crippen molar-refractivity contribution in [2.75, 3.05) is 18.4 Å². The number of nitrogens with one attached hydrogen (secondary N) is 2. The summed E-state index contributed by atoms with van der Waals surface area (Å²) >= 11 is 0. The summed E-state index contributed by atoms with van der Waals surface area (Å²) < 4.78 is 13.1. The Balaban J connectivity index is 1.67. The van der Waals surface area contributed by atoms with Crippen LogP contribution in [0.4, 0.5) is 10.2 Å². The van der Waals surface area contributed by atoms with Crippen molar-refractivity contribution in [3.8, 4) is 0 Å². The van der Waals surface area contributed by atoms with Crippen LogP contribution >= 0.6 is 0 Å². The Morgan fingerprint density at radius 3 is 3.00 bits per heavy atom. The van der Waals surface area contributed by atoms with E-state index in [0.717, 1.165) is 12.8 Å². The van der Waals surface area contributed by atoms with Crippen LogP contribution in [0.3, 0.4) is 0 Å². The van der Waals surface area contributed by atoms with Crippen LogP contribution in [0.15, 0.2) is 18.3 Å². The van der Waals surface area contributed by atoms with Crippen molar-refractivity contribution in [2.24, 2.45) is 5.92 Å². The molecule has 2 rings (SSSR count). The van der Waals surface area contributed by atoms with Crippen LogP contribution in [0.5, 0.6) is 0 Å². The zero-order valence-corrected chi connectivity index (χ0v) is 8.87. The van der Waals surface area contributed by atoms with Crippen LogP contribution in [0.2, 0.25) is 0 Å². The van der Waals surface area contributed by atoms with E-state index in [2.05, 4.69) is 15.6 Å². The maximum atomic E-state index is 13.1. The van der Waals surface area contributed by atoms with Crippen molar-refractivity contribution in [3.05, 3.63) is 24.1 Å². The van der Waals surface area contributed by atoms with Crippen LogP contribution in [-0.4, -0.2) is 24.0 Å². The molecule has 0 bridgehead atoms. The van der Waals surface area contributed by atoms with Gasteiger partial charge >= 0.3 is 0 Å². The molecule has 1 saturated carbocycles. The summed E-state index contributed by atoms with van der Waals surface area (Å²) in [6, 6.07) is 2.88. The number of hydrogen-bond acceptors (Lipinski definition) is 3.